The van der Waals surface area contributed by atoms with Crippen LogP contribution in [0.5, 0.6) is 5.75 Å². The molecule has 2 aromatic rings. The van der Waals surface area contributed by atoms with Crippen molar-refractivity contribution in [2.24, 2.45) is 0 Å². The Morgan fingerprint density at radius 3 is 2.32 bits per heavy atom. The number of amides is 2. The van der Waals surface area contributed by atoms with Crippen molar-refractivity contribution in [2.75, 3.05) is 32.8 Å². The Hall–Kier alpha value is -3.03. The van der Waals surface area contributed by atoms with Gasteiger partial charge in [-0.25, -0.2) is 13.2 Å². The summed E-state index contributed by atoms with van der Waals surface area (Å²) in [7, 11) is 0. The van der Waals surface area contributed by atoms with E-state index in [9.17, 15) is 22.8 Å². The number of halogens is 3. The molecule has 1 fully saturated rings. The van der Waals surface area contributed by atoms with Crippen molar-refractivity contribution in [1.29, 1.82) is 0 Å². The molecule has 0 spiro atoms. The SMILES string of the molecule is Cc1cccc(OCC(=O)N2CCN(C(=O)c3ccc(F)c(F)c3F)CC2)c1. The van der Waals surface area contributed by atoms with Crippen molar-refractivity contribution >= 4 is 11.8 Å². The number of ether oxygens (including phenoxy) is 1. The number of nitrogens with zero attached hydrogens (tertiary/aromatic N) is 2. The number of carbonyl (C=O) groups is 2. The summed E-state index contributed by atoms with van der Waals surface area (Å²) in [6, 6.07) is 8.96. The Labute approximate surface area is 160 Å². The van der Waals surface area contributed by atoms with E-state index in [0.717, 1.165) is 11.6 Å². The lowest BCUT2D eigenvalue weighted by atomic mass is 10.1. The van der Waals surface area contributed by atoms with Crippen LogP contribution in [-0.4, -0.2) is 54.4 Å². The minimum absolute atomic E-state index is 0.130. The minimum Gasteiger partial charge on any atom is -0.484 e. The molecule has 2 amide bonds. The standard InChI is InChI=1S/C20H19F3N2O3/c1-13-3-2-4-14(11-13)28-12-17(26)24-7-9-25(10-8-24)20(27)15-5-6-16(21)19(23)18(15)22/h2-6,11H,7-10,12H2,1H3. The van der Waals surface area contributed by atoms with Crippen LogP contribution in [0.1, 0.15) is 15.9 Å². The molecule has 1 heterocycles. The average molecular weight is 392 g/mol. The van der Waals surface area contributed by atoms with Crippen LogP contribution in [0.2, 0.25) is 0 Å². The highest BCUT2D eigenvalue weighted by molar-refractivity contribution is 5.94. The maximum atomic E-state index is 13.8. The lowest BCUT2D eigenvalue weighted by Crippen LogP contribution is -2.51. The van der Waals surface area contributed by atoms with Crippen molar-refractivity contribution in [3.63, 3.8) is 0 Å². The summed E-state index contributed by atoms with van der Waals surface area (Å²) in [5.74, 6) is -4.90. The first kappa shape index (κ1) is 19.7. The Bertz CT molecular complexity index is 896. The van der Waals surface area contributed by atoms with E-state index in [1.54, 1.807) is 11.0 Å². The summed E-state index contributed by atoms with van der Waals surface area (Å²) in [6.45, 7) is 2.59. The summed E-state index contributed by atoms with van der Waals surface area (Å²) >= 11 is 0. The van der Waals surface area contributed by atoms with Crippen LogP contribution in [0.4, 0.5) is 13.2 Å². The maximum absolute atomic E-state index is 13.8. The summed E-state index contributed by atoms with van der Waals surface area (Å²) in [5.41, 5.74) is 0.489. The van der Waals surface area contributed by atoms with Gasteiger partial charge in [-0.15, -0.1) is 0 Å². The van der Waals surface area contributed by atoms with E-state index in [1.807, 2.05) is 25.1 Å². The van der Waals surface area contributed by atoms with Crippen LogP contribution < -0.4 is 4.74 Å². The molecule has 3 rings (SSSR count). The van der Waals surface area contributed by atoms with Crippen molar-refractivity contribution in [3.05, 3.63) is 65.0 Å². The summed E-state index contributed by atoms with van der Waals surface area (Å²) in [6.07, 6.45) is 0. The third-order valence-corrected chi connectivity index (χ3v) is 4.54. The maximum Gasteiger partial charge on any atom is 0.260 e. The van der Waals surface area contributed by atoms with Gasteiger partial charge < -0.3 is 14.5 Å². The van der Waals surface area contributed by atoms with Crippen molar-refractivity contribution < 1.29 is 27.5 Å². The van der Waals surface area contributed by atoms with Crippen molar-refractivity contribution in [1.82, 2.24) is 9.80 Å². The molecule has 2 aromatic carbocycles. The van der Waals surface area contributed by atoms with Gasteiger partial charge in [0.15, 0.2) is 24.1 Å². The molecule has 0 aliphatic carbocycles. The molecule has 0 saturated carbocycles. The predicted molar refractivity (Wildman–Crippen MR) is 95.5 cm³/mol. The number of piperazine rings is 1. The van der Waals surface area contributed by atoms with Gasteiger partial charge in [-0.05, 0) is 36.8 Å². The topological polar surface area (TPSA) is 49.9 Å². The lowest BCUT2D eigenvalue weighted by molar-refractivity contribution is -0.134. The van der Waals surface area contributed by atoms with E-state index in [-0.39, 0.29) is 38.7 Å². The number of benzene rings is 2. The fourth-order valence-corrected chi connectivity index (χ4v) is 2.96. The molecule has 5 nitrogen and oxygen atoms in total. The van der Waals surface area contributed by atoms with Crippen LogP contribution in [0.25, 0.3) is 0 Å². The van der Waals surface area contributed by atoms with Gasteiger partial charge in [0.2, 0.25) is 0 Å². The second-order valence-corrected chi connectivity index (χ2v) is 6.50. The fraction of sp³-hybridized carbons (Fsp3) is 0.300. The zero-order valence-electron chi connectivity index (χ0n) is 15.3. The molecule has 148 valence electrons. The molecule has 0 bridgehead atoms. The molecule has 1 aliphatic rings. The Balaban J connectivity index is 1.54. The van der Waals surface area contributed by atoms with E-state index < -0.39 is 28.9 Å². The van der Waals surface area contributed by atoms with E-state index in [2.05, 4.69) is 0 Å². The first-order valence-electron chi connectivity index (χ1n) is 8.77. The highest BCUT2D eigenvalue weighted by Gasteiger charge is 2.28. The predicted octanol–water partition coefficient (Wildman–Crippen LogP) is 2.78. The first-order valence-corrected chi connectivity index (χ1v) is 8.77. The molecule has 0 unspecified atom stereocenters. The largest absolute Gasteiger partial charge is 0.484 e. The normalized spacial score (nSPS) is 14.1. The van der Waals surface area contributed by atoms with Crippen LogP contribution >= 0.6 is 0 Å². The second kappa shape index (κ2) is 8.33. The molecule has 1 aliphatic heterocycles. The Morgan fingerprint density at radius 2 is 1.64 bits per heavy atom. The monoisotopic (exact) mass is 392 g/mol. The van der Waals surface area contributed by atoms with Gasteiger partial charge in [-0.2, -0.15) is 0 Å². The number of hydrogen-bond donors (Lipinski definition) is 0. The summed E-state index contributed by atoms with van der Waals surface area (Å²) in [5, 5.41) is 0. The summed E-state index contributed by atoms with van der Waals surface area (Å²) in [4.78, 5) is 27.5. The molecule has 8 heteroatoms. The minimum atomic E-state index is -1.67. The van der Waals surface area contributed by atoms with Crippen LogP contribution in [0.15, 0.2) is 36.4 Å². The van der Waals surface area contributed by atoms with Gasteiger partial charge >= 0.3 is 0 Å². The average Bonchev–Trinajstić information content (AvgIpc) is 2.70. The summed E-state index contributed by atoms with van der Waals surface area (Å²) < 4.78 is 45.7. The Morgan fingerprint density at radius 1 is 0.964 bits per heavy atom. The number of aryl methyl sites for hydroxylation is 1. The first-order chi connectivity index (χ1) is 13.4. The van der Waals surface area contributed by atoms with Gasteiger partial charge in [0.05, 0.1) is 5.56 Å². The van der Waals surface area contributed by atoms with Crippen LogP contribution in [0.3, 0.4) is 0 Å². The van der Waals surface area contributed by atoms with Gasteiger partial charge in [-0.3, -0.25) is 9.59 Å². The second-order valence-electron chi connectivity index (χ2n) is 6.50. The molecule has 0 N–H and O–H groups in total. The molecule has 0 radical (unpaired) electrons. The Kier molecular flexibility index (Phi) is 5.87. The van der Waals surface area contributed by atoms with E-state index in [1.165, 1.54) is 4.90 Å². The highest BCUT2D eigenvalue weighted by Crippen LogP contribution is 2.18. The van der Waals surface area contributed by atoms with E-state index >= 15 is 0 Å². The highest BCUT2D eigenvalue weighted by atomic mass is 19.2. The van der Waals surface area contributed by atoms with E-state index in [0.29, 0.717) is 11.8 Å². The van der Waals surface area contributed by atoms with Gasteiger partial charge in [0, 0.05) is 26.2 Å². The van der Waals surface area contributed by atoms with Crippen LogP contribution in [-0.2, 0) is 4.79 Å². The van der Waals surface area contributed by atoms with Gasteiger partial charge in [-0.1, -0.05) is 12.1 Å². The molecule has 0 atom stereocenters. The number of carbonyl (C=O) groups excluding carboxylic acids is 2. The third-order valence-electron chi connectivity index (χ3n) is 4.54. The molecule has 0 aromatic heterocycles. The fourth-order valence-electron chi connectivity index (χ4n) is 2.96. The van der Waals surface area contributed by atoms with Gasteiger partial charge in [0.1, 0.15) is 5.75 Å². The quantitative estimate of drug-likeness (QED) is 0.752. The van der Waals surface area contributed by atoms with Crippen molar-refractivity contribution in [2.45, 2.75) is 6.92 Å². The molecular formula is C20H19F3N2O3. The molecule has 28 heavy (non-hydrogen) atoms. The molecule has 1 saturated heterocycles. The number of hydrogen-bond acceptors (Lipinski definition) is 3. The smallest absolute Gasteiger partial charge is 0.260 e. The number of rotatable bonds is 4. The zero-order chi connectivity index (χ0) is 20.3. The third kappa shape index (κ3) is 4.27. The molecular weight excluding hydrogens is 373 g/mol. The van der Waals surface area contributed by atoms with Crippen LogP contribution in [0, 0.1) is 24.4 Å². The van der Waals surface area contributed by atoms with E-state index in [4.69, 9.17) is 4.74 Å². The van der Waals surface area contributed by atoms with Gasteiger partial charge in [0.25, 0.3) is 11.8 Å². The lowest BCUT2D eigenvalue weighted by Gasteiger charge is -2.34. The zero-order valence-corrected chi connectivity index (χ0v) is 15.3. The van der Waals surface area contributed by atoms with Crippen molar-refractivity contribution in [3.8, 4) is 5.75 Å².